The molecule has 0 amide bonds. The SMILES string of the molecule is COc1ccc(C(O)C2CCCCCC2)c(OC)c1OC. The first-order valence-electron chi connectivity index (χ1n) is 7.69. The molecule has 0 heterocycles. The highest BCUT2D eigenvalue weighted by Gasteiger charge is 2.27. The summed E-state index contributed by atoms with van der Waals surface area (Å²) in [6, 6.07) is 3.71. The van der Waals surface area contributed by atoms with Crippen molar-refractivity contribution in [3.05, 3.63) is 17.7 Å². The largest absolute Gasteiger partial charge is 0.493 e. The van der Waals surface area contributed by atoms with Gasteiger partial charge in [0.2, 0.25) is 5.75 Å². The second-order valence-electron chi connectivity index (χ2n) is 5.62. The van der Waals surface area contributed by atoms with Gasteiger partial charge >= 0.3 is 0 Å². The van der Waals surface area contributed by atoms with Crippen molar-refractivity contribution in [2.45, 2.75) is 44.6 Å². The molecule has 1 unspecified atom stereocenters. The molecule has 0 aromatic heterocycles. The van der Waals surface area contributed by atoms with E-state index in [0.717, 1.165) is 18.4 Å². The second kappa shape index (κ2) is 7.55. The van der Waals surface area contributed by atoms with Crippen molar-refractivity contribution in [1.29, 1.82) is 0 Å². The monoisotopic (exact) mass is 294 g/mol. The van der Waals surface area contributed by atoms with Crippen LogP contribution in [0, 0.1) is 5.92 Å². The van der Waals surface area contributed by atoms with Crippen molar-refractivity contribution in [3.8, 4) is 17.2 Å². The van der Waals surface area contributed by atoms with E-state index in [0.29, 0.717) is 23.2 Å². The fourth-order valence-electron chi connectivity index (χ4n) is 3.24. The third-order valence-electron chi connectivity index (χ3n) is 4.40. The Morgan fingerprint density at radius 3 is 2.05 bits per heavy atom. The molecule has 0 bridgehead atoms. The van der Waals surface area contributed by atoms with Crippen LogP contribution in [0.15, 0.2) is 12.1 Å². The van der Waals surface area contributed by atoms with E-state index in [2.05, 4.69) is 0 Å². The first kappa shape index (κ1) is 16.0. The van der Waals surface area contributed by atoms with Gasteiger partial charge in [-0.2, -0.15) is 0 Å². The average molecular weight is 294 g/mol. The molecule has 1 aromatic rings. The van der Waals surface area contributed by atoms with Crippen molar-refractivity contribution < 1.29 is 19.3 Å². The zero-order valence-corrected chi connectivity index (χ0v) is 13.2. The Morgan fingerprint density at radius 1 is 0.905 bits per heavy atom. The lowest BCUT2D eigenvalue weighted by molar-refractivity contribution is 0.0955. The molecule has 0 spiro atoms. The Balaban J connectivity index is 2.33. The Kier molecular flexibility index (Phi) is 5.74. The zero-order valence-electron chi connectivity index (χ0n) is 13.2. The molecule has 0 saturated heterocycles. The van der Waals surface area contributed by atoms with Crippen LogP contribution in [-0.2, 0) is 0 Å². The van der Waals surface area contributed by atoms with E-state index in [4.69, 9.17) is 14.2 Å². The predicted octanol–water partition coefficient (Wildman–Crippen LogP) is 3.72. The summed E-state index contributed by atoms with van der Waals surface area (Å²) in [5.74, 6) is 2.03. The van der Waals surface area contributed by atoms with Crippen LogP contribution in [0.2, 0.25) is 0 Å². The highest BCUT2D eigenvalue weighted by Crippen LogP contribution is 2.45. The van der Waals surface area contributed by atoms with Crippen molar-refractivity contribution in [2.75, 3.05) is 21.3 Å². The Bertz CT molecular complexity index is 450. The number of aliphatic hydroxyl groups is 1. The van der Waals surface area contributed by atoms with Crippen LogP contribution < -0.4 is 14.2 Å². The van der Waals surface area contributed by atoms with E-state index >= 15 is 0 Å². The van der Waals surface area contributed by atoms with Crippen LogP contribution in [0.1, 0.15) is 50.2 Å². The Hall–Kier alpha value is -1.42. The van der Waals surface area contributed by atoms with E-state index in [-0.39, 0.29) is 0 Å². The van der Waals surface area contributed by atoms with Crippen LogP contribution in [-0.4, -0.2) is 26.4 Å². The molecular weight excluding hydrogens is 268 g/mol. The lowest BCUT2D eigenvalue weighted by Crippen LogP contribution is -2.13. The van der Waals surface area contributed by atoms with E-state index in [1.165, 1.54) is 25.7 Å². The number of ether oxygens (including phenoxy) is 3. The van der Waals surface area contributed by atoms with Crippen molar-refractivity contribution in [2.24, 2.45) is 5.92 Å². The smallest absolute Gasteiger partial charge is 0.203 e. The molecule has 118 valence electrons. The predicted molar refractivity (Wildman–Crippen MR) is 82.2 cm³/mol. The third-order valence-corrected chi connectivity index (χ3v) is 4.40. The summed E-state index contributed by atoms with van der Waals surface area (Å²) in [4.78, 5) is 0. The Morgan fingerprint density at radius 2 is 1.52 bits per heavy atom. The molecule has 0 aliphatic heterocycles. The molecule has 1 N–H and O–H groups in total. The van der Waals surface area contributed by atoms with Gasteiger partial charge < -0.3 is 19.3 Å². The lowest BCUT2D eigenvalue weighted by Gasteiger charge is -2.24. The van der Waals surface area contributed by atoms with Gasteiger partial charge in [-0.05, 0) is 30.9 Å². The third kappa shape index (κ3) is 3.43. The summed E-state index contributed by atoms with van der Waals surface area (Å²) in [5.41, 5.74) is 0.794. The van der Waals surface area contributed by atoms with Crippen LogP contribution in [0.25, 0.3) is 0 Å². The minimum atomic E-state index is -0.516. The quantitative estimate of drug-likeness (QED) is 0.841. The summed E-state index contributed by atoms with van der Waals surface area (Å²) in [6.07, 6.45) is 6.54. The van der Waals surface area contributed by atoms with Gasteiger partial charge in [0.05, 0.1) is 27.4 Å². The molecule has 0 radical (unpaired) electrons. The van der Waals surface area contributed by atoms with Crippen LogP contribution >= 0.6 is 0 Å². The molecular formula is C17H26O4. The fraction of sp³-hybridized carbons (Fsp3) is 0.647. The molecule has 1 atom stereocenters. The normalized spacial score (nSPS) is 17.9. The van der Waals surface area contributed by atoms with Gasteiger partial charge in [-0.3, -0.25) is 0 Å². The van der Waals surface area contributed by atoms with Gasteiger partial charge in [-0.1, -0.05) is 25.7 Å². The van der Waals surface area contributed by atoms with E-state index in [1.54, 1.807) is 21.3 Å². The summed E-state index contributed by atoms with van der Waals surface area (Å²) in [7, 11) is 4.78. The maximum absolute atomic E-state index is 10.8. The van der Waals surface area contributed by atoms with Crippen molar-refractivity contribution >= 4 is 0 Å². The van der Waals surface area contributed by atoms with Gasteiger partial charge in [-0.15, -0.1) is 0 Å². The summed E-state index contributed by atoms with van der Waals surface area (Å²) in [5, 5.41) is 10.8. The number of aliphatic hydroxyl groups excluding tert-OH is 1. The molecule has 4 heteroatoms. The second-order valence-corrected chi connectivity index (χ2v) is 5.62. The Labute approximate surface area is 127 Å². The van der Waals surface area contributed by atoms with Gasteiger partial charge in [0.15, 0.2) is 11.5 Å². The topological polar surface area (TPSA) is 47.9 Å². The number of hydrogen-bond donors (Lipinski definition) is 1. The number of rotatable bonds is 5. The zero-order chi connectivity index (χ0) is 15.2. The maximum Gasteiger partial charge on any atom is 0.203 e. The molecule has 4 nitrogen and oxygen atoms in total. The van der Waals surface area contributed by atoms with Crippen LogP contribution in [0.4, 0.5) is 0 Å². The summed E-state index contributed by atoms with van der Waals surface area (Å²) >= 11 is 0. The van der Waals surface area contributed by atoms with E-state index in [9.17, 15) is 5.11 Å². The van der Waals surface area contributed by atoms with Gasteiger partial charge in [-0.25, -0.2) is 0 Å². The minimum Gasteiger partial charge on any atom is -0.493 e. The first-order chi connectivity index (χ1) is 10.2. The van der Waals surface area contributed by atoms with Crippen molar-refractivity contribution in [3.63, 3.8) is 0 Å². The number of benzene rings is 1. The molecule has 1 aliphatic carbocycles. The van der Waals surface area contributed by atoms with Gasteiger partial charge in [0.25, 0.3) is 0 Å². The molecule has 1 fully saturated rings. The van der Waals surface area contributed by atoms with Gasteiger partial charge in [0.1, 0.15) is 0 Å². The molecule has 1 saturated carbocycles. The highest BCUT2D eigenvalue weighted by atomic mass is 16.5. The standard InChI is InChI=1S/C17H26O4/c1-19-14-11-10-13(16(20-2)17(14)21-3)15(18)12-8-6-4-5-7-9-12/h10-12,15,18H,4-9H2,1-3H3. The highest BCUT2D eigenvalue weighted by molar-refractivity contribution is 5.56. The fourth-order valence-corrected chi connectivity index (χ4v) is 3.24. The summed E-state index contributed by atoms with van der Waals surface area (Å²) < 4.78 is 16.2. The first-order valence-corrected chi connectivity index (χ1v) is 7.69. The minimum absolute atomic E-state index is 0.291. The van der Waals surface area contributed by atoms with Crippen molar-refractivity contribution in [1.82, 2.24) is 0 Å². The van der Waals surface area contributed by atoms with Gasteiger partial charge in [0, 0.05) is 5.56 Å². The number of methoxy groups -OCH3 is 3. The molecule has 21 heavy (non-hydrogen) atoms. The number of hydrogen-bond acceptors (Lipinski definition) is 4. The summed E-state index contributed by atoms with van der Waals surface area (Å²) in [6.45, 7) is 0. The van der Waals surface area contributed by atoms with E-state index < -0.39 is 6.10 Å². The lowest BCUT2D eigenvalue weighted by atomic mass is 9.89. The maximum atomic E-state index is 10.8. The van der Waals surface area contributed by atoms with E-state index in [1.807, 2.05) is 12.1 Å². The molecule has 1 aromatic carbocycles. The molecule has 1 aliphatic rings. The molecule has 2 rings (SSSR count). The van der Waals surface area contributed by atoms with Crippen LogP contribution in [0.5, 0.6) is 17.2 Å². The van der Waals surface area contributed by atoms with Crippen LogP contribution in [0.3, 0.4) is 0 Å². The average Bonchev–Trinajstić information content (AvgIpc) is 2.81.